The fraction of sp³-hybridized carbons (Fsp3) is 0.455. The molecule has 4 N–H and O–H groups in total. The lowest BCUT2D eigenvalue weighted by Crippen LogP contribution is -2.35. The number of nitrogen functional groups attached to an aromatic ring is 1. The van der Waals surface area contributed by atoms with E-state index in [1.807, 2.05) is 6.07 Å². The predicted octanol–water partition coefficient (Wildman–Crippen LogP) is 0.231. The second-order valence-electron chi connectivity index (χ2n) is 4.39. The molecule has 0 bridgehead atoms. The number of hydrogen-bond donors (Lipinski definition) is 3. The van der Waals surface area contributed by atoms with Crippen LogP contribution in [-0.2, 0) is 0 Å². The van der Waals surface area contributed by atoms with Gasteiger partial charge in [-0.25, -0.2) is 9.78 Å². The first kappa shape index (κ1) is 10.3. The highest BCUT2D eigenvalue weighted by Gasteiger charge is 2.20. The summed E-state index contributed by atoms with van der Waals surface area (Å²) in [6, 6.07) is 2.03. The molecule has 1 fully saturated rings. The molecule has 1 saturated heterocycles. The minimum Gasteiger partial charge on any atom is -0.382 e. The number of aromatic amines is 1. The minimum atomic E-state index is -0.103. The summed E-state index contributed by atoms with van der Waals surface area (Å²) >= 11 is 0. The van der Waals surface area contributed by atoms with E-state index in [4.69, 9.17) is 5.73 Å². The lowest BCUT2D eigenvalue weighted by Gasteiger charge is -2.23. The van der Waals surface area contributed by atoms with Gasteiger partial charge in [-0.05, 0) is 25.5 Å². The molecular formula is C11H15N5O. The molecule has 17 heavy (non-hydrogen) atoms. The van der Waals surface area contributed by atoms with Crippen LogP contribution in [0.15, 0.2) is 17.1 Å². The van der Waals surface area contributed by atoms with Gasteiger partial charge < -0.3 is 16.0 Å². The quantitative estimate of drug-likeness (QED) is 0.658. The first-order chi connectivity index (χ1) is 8.27. The van der Waals surface area contributed by atoms with Gasteiger partial charge in [0.15, 0.2) is 0 Å². The average Bonchev–Trinajstić information content (AvgIpc) is 2.68. The molecule has 90 valence electrons. The van der Waals surface area contributed by atoms with Crippen molar-refractivity contribution >= 4 is 16.9 Å². The van der Waals surface area contributed by atoms with E-state index < -0.39 is 0 Å². The SMILES string of the molecule is Nc1nccc2c1[nH]c(=O)n2[C@@H]1CCCNC1. The third-order valence-corrected chi connectivity index (χ3v) is 3.30. The fourth-order valence-corrected chi connectivity index (χ4v) is 2.49. The molecule has 0 unspecified atom stereocenters. The van der Waals surface area contributed by atoms with Gasteiger partial charge >= 0.3 is 5.69 Å². The van der Waals surface area contributed by atoms with E-state index in [-0.39, 0.29) is 11.7 Å². The number of nitrogens with two attached hydrogens (primary N) is 1. The predicted molar refractivity (Wildman–Crippen MR) is 65.9 cm³/mol. The molecule has 2 aromatic heterocycles. The zero-order valence-corrected chi connectivity index (χ0v) is 9.44. The molecule has 3 heterocycles. The maximum absolute atomic E-state index is 12.0. The van der Waals surface area contributed by atoms with Gasteiger partial charge in [0.2, 0.25) is 0 Å². The summed E-state index contributed by atoms with van der Waals surface area (Å²) in [7, 11) is 0. The van der Waals surface area contributed by atoms with E-state index in [1.165, 1.54) is 0 Å². The van der Waals surface area contributed by atoms with Crippen LogP contribution in [0.1, 0.15) is 18.9 Å². The Morgan fingerprint density at radius 2 is 2.41 bits per heavy atom. The Morgan fingerprint density at radius 3 is 3.18 bits per heavy atom. The topological polar surface area (TPSA) is 88.7 Å². The summed E-state index contributed by atoms with van der Waals surface area (Å²) in [6.45, 7) is 1.85. The first-order valence-electron chi connectivity index (χ1n) is 5.83. The molecule has 0 aliphatic carbocycles. The van der Waals surface area contributed by atoms with E-state index in [1.54, 1.807) is 10.8 Å². The van der Waals surface area contributed by atoms with E-state index in [0.717, 1.165) is 31.4 Å². The van der Waals surface area contributed by atoms with Crippen LogP contribution in [0, 0.1) is 0 Å². The molecule has 1 atom stereocenters. The number of aromatic nitrogens is 3. The van der Waals surface area contributed by atoms with Crippen molar-refractivity contribution in [1.29, 1.82) is 0 Å². The summed E-state index contributed by atoms with van der Waals surface area (Å²) in [5, 5.41) is 3.31. The zero-order chi connectivity index (χ0) is 11.8. The van der Waals surface area contributed by atoms with Gasteiger partial charge in [-0.2, -0.15) is 0 Å². The Hall–Kier alpha value is -1.82. The molecule has 0 saturated carbocycles. The molecular weight excluding hydrogens is 218 g/mol. The van der Waals surface area contributed by atoms with Gasteiger partial charge in [0, 0.05) is 12.7 Å². The Morgan fingerprint density at radius 1 is 1.53 bits per heavy atom. The molecule has 0 amide bonds. The summed E-state index contributed by atoms with van der Waals surface area (Å²) in [6.07, 6.45) is 3.74. The standard InChI is InChI=1S/C11H15N5O/c12-10-9-8(3-5-14-10)16(11(17)15-9)7-2-1-4-13-6-7/h3,5,7,13H,1-2,4,6H2,(H2,12,14)(H,15,17)/t7-/m1/s1. The average molecular weight is 233 g/mol. The van der Waals surface area contributed by atoms with Crippen LogP contribution in [-0.4, -0.2) is 27.6 Å². The number of piperidine rings is 1. The molecule has 2 aromatic rings. The fourth-order valence-electron chi connectivity index (χ4n) is 2.49. The van der Waals surface area contributed by atoms with Crippen LogP contribution in [0.25, 0.3) is 11.0 Å². The van der Waals surface area contributed by atoms with E-state index in [0.29, 0.717) is 11.3 Å². The van der Waals surface area contributed by atoms with Crippen LogP contribution < -0.4 is 16.7 Å². The van der Waals surface area contributed by atoms with Gasteiger partial charge in [-0.1, -0.05) is 0 Å². The first-order valence-corrected chi connectivity index (χ1v) is 5.83. The van der Waals surface area contributed by atoms with Gasteiger partial charge in [0.25, 0.3) is 0 Å². The Kier molecular flexibility index (Phi) is 2.36. The van der Waals surface area contributed by atoms with Crippen molar-refractivity contribution in [3.8, 4) is 0 Å². The number of H-pyrrole nitrogens is 1. The number of imidazole rings is 1. The largest absolute Gasteiger partial charge is 0.382 e. The van der Waals surface area contributed by atoms with Crippen molar-refractivity contribution in [2.75, 3.05) is 18.8 Å². The third kappa shape index (κ3) is 1.61. The number of nitrogens with one attached hydrogen (secondary N) is 2. The highest BCUT2D eigenvalue weighted by atomic mass is 16.1. The second-order valence-corrected chi connectivity index (χ2v) is 4.39. The van der Waals surface area contributed by atoms with Crippen molar-refractivity contribution in [3.63, 3.8) is 0 Å². The summed E-state index contributed by atoms with van der Waals surface area (Å²) in [4.78, 5) is 18.8. The van der Waals surface area contributed by atoms with Gasteiger partial charge in [0.05, 0.1) is 11.6 Å². The third-order valence-electron chi connectivity index (χ3n) is 3.30. The summed E-state index contributed by atoms with van der Waals surface area (Å²) in [5.41, 5.74) is 7.14. The normalized spacial score (nSPS) is 20.8. The minimum absolute atomic E-state index is 0.103. The molecule has 0 aromatic carbocycles. The zero-order valence-electron chi connectivity index (χ0n) is 9.44. The highest BCUT2D eigenvalue weighted by molar-refractivity contribution is 5.84. The van der Waals surface area contributed by atoms with Gasteiger partial charge in [-0.15, -0.1) is 0 Å². The van der Waals surface area contributed by atoms with Crippen LogP contribution in [0.3, 0.4) is 0 Å². The van der Waals surface area contributed by atoms with Crippen LogP contribution in [0.2, 0.25) is 0 Å². The summed E-state index contributed by atoms with van der Waals surface area (Å²) in [5.74, 6) is 0.377. The molecule has 1 aliphatic rings. The monoisotopic (exact) mass is 233 g/mol. The molecule has 1 aliphatic heterocycles. The number of hydrogen-bond acceptors (Lipinski definition) is 4. The number of rotatable bonds is 1. The number of nitrogens with zero attached hydrogens (tertiary/aromatic N) is 2. The summed E-state index contributed by atoms with van der Waals surface area (Å²) < 4.78 is 1.79. The maximum Gasteiger partial charge on any atom is 0.326 e. The molecule has 6 nitrogen and oxygen atoms in total. The van der Waals surface area contributed by atoms with Crippen molar-refractivity contribution in [2.45, 2.75) is 18.9 Å². The second kappa shape index (κ2) is 3.89. The van der Waals surface area contributed by atoms with E-state index in [9.17, 15) is 4.79 Å². The maximum atomic E-state index is 12.0. The highest BCUT2D eigenvalue weighted by Crippen LogP contribution is 2.21. The van der Waals surface area contributed by atoms with Crippen LogP contribution >= 0.6 is 0 Å². The van der Waals surface area contributed by atoms with Crippen LogP contribution in [0.4, 0.5) is 5.82 Å². The van der Waals surface area contributed by atoms with E-state index >= 15 is 0 Å². The Bertz CT molecular complexity index is 593. The Labute approximate surface area is 97.8 Å². The van der Waals surface area contributed by atoms with Crippen molar-refractivity contribution in [1.82, 2.24) is 19.9 Å². The number of anilines is 1. The lowest BCUT2D eigenvalue weighted by atomic mass is 10.1. The molecule has 6 heteroatoms. The van der Waals surface area contributed by atoms with Crippen LogP contribution in [0.5, 0.6) is 0 Å². The van der Waals surface area contributed by atoms with Gasteiger partial charge in [-0.3, -0.25) is 4.57 Å². The molecule has 0 spiro atoms. The van der Waals surface area contributed by atoms with E-state index in [2.05, 4.69) is 15.3 Å². The number of fused-ring (bicyclic) bond motifs is 1. The molecule has 3 rings (SSSR count). The number of pyridine rings is 1. The smallest absolute Gasteiger partial charge is 0.326 e. The van der Waals surface area contributed by atoms with Crippen molar-refractivity contribution in [3.05, 3.63) is 22.7 Å². The lowest BCUT2D eigenvalue weighted by molar-refractivity contribution is 0.372. The van der Waals surface area contributed by atoms with Crippen molar-refractivity contribution < 1.29 is 0 Å². The molecule has 0 radical (unpaired) electrons. The van der Waals surface area contributed by atoms with Crippen molar-refractivity contribution in [2.24, 2.45) is 0 Å². The Balaban J connectivity index is 2.18. The van der Waals surface area contributed by atoms with Gasteiger partial charge in [0.1, 0.15) is 11.3 Å².